The van der Waals surface area contributed by atoms with Crippen molar-refractivity contribution < 1.29 is 0 Å². The van der Waals surface area contributed by atoms with Crippen molar-refractivity contribution in [2.75, 3.05) is 26.2 Å². The third-order valence-corrected chi connectivity index (χ3v) is 5.45. The topological polar surface area (TPSA) is 15.3 Å². The summed E-state index contributed by atoms with van der Waals surface area (Å²) in [6, 6.07) is 22.3. The fraction of sp³-hybridized carbons (Fsp3) is 0.400. The van der Waals surface area contributed by atoms with Crippen LogP contribution < -0.4 is 5.32 Å². The summed E-state index contributed by atoms with van der Waals surface area (Å²) in [7, 11) is 0. The van der Waals surface area contributed by atoms with E-state index in [-0.39, 0.29) is 12.4 Å². The van der Waals surface area contributed by atoms with Crippen molar-refractivity contribution in [2.45, 2.75) is 18.9 Å². The van der Waals surface area contributed by atoms with E-state index in [2.05, 4.69) is 70.9 Å². The van der Waals surface area contributed by atoms with Crippen LogP contribution in [-0.2, 0) is 0 Å². The Hall–Kier alpha value is -1.35. The highest BCUT2D eigenvalue weighted by Gasteiger charge is 2.41. The van der Waals surface area contributed by atoms with Gasteiger partial charge in [-0.2, -0.15) is 0 Å². The molecule has 2 aliphatic heterocycles. The van der Waals surface area contributed by atoms with Gasteiger partial charge in [0, 0.05) is 13.1 Å². The Labute approximate surface area is 145 Å². The van der Waals surface area contributed by atoms with Crippen molar-refractivity contribution in [3.63, 3.8) is 0 Å². The van der Waals surface area contributed by atoms with Gasteiger partial charge in [-0.1, -0.05) is 60.7 Å². The van der Waals surface area contributed by atoms with Crippen molar-refractivity contribution in [2.24, 2.45) is 5.41 Å². The van der Waals surface area contributed by atoms with E-state index in [0.29, 0.717) is 11.5 Å². The molecule has 2 nitrogen and oxygen atoms in total. The van der Waals surface area contributed by atoms with Crippen LogP contribution in [0.4, 0.5) is 0 Å². The van der Waals surface area contributed by atoms with Crippen LogP contribution >= 0.6 is 12.4 Å². The van der Waals surface area contributed by atoms with E-state index >= 15 is 0 Å². The number of hydrogen-bond donors (Lipinski definition) is 1. The molecule has 0 unspecified atom stereocenters. The monoisotopic (exact) mass is 328 g/mol. The predicted molar refractivity (Wildman–Crippen MR) is 98.1 cm³/mol. The number of nitrogens with zero attached hydrogens (tertiary/aromatic N) is 1. The van der Waals surface area contributed by atoms with Crippen LogP contribution in [0.15, 0.2) is 60.7 Å². The van der Waals surface area contributed by atoms with E-state index in [4.69, 9.17) is 0 Å². The number of likely N-dealkylation sites (tertiary alicyclic amines) is 1. The van der Waals surface area contributed by atoms with Gasteiger partial charge in [0.2, 0.25) is 0 Å². The summed E-state index contributed by atoms with van der Waals surface area (Å²) in [4.78, 5) is 2.67. The van der Waals surface area contributed by atoms with Gasteiger partial charge in [-0.25, -0.2) is 0 Å². The van der Waals surface area contributed by atoms with Gasteiger partial charge < -0.3 is 5.32 Å². The zero-order valence-electron chi connectivity index (χ0n) is 13.4. The molecule has 2 aromatic carbocycles. The summed E-state index contributed by atoms with van der Waals surface area (Å²) in [5.74, 6) is 0. The smallest absolute Gasteiger partial charge is 0.0601 e. The van der Waals surface area contributed by atoms with E-state index in [1.165, 1.54) is 50.1 Å². The molecule has 2 aromatic rings. The lowest BCUT2D eigenvalue weighted by Gasteiger charge is -2.50. The molecule has 0 radical (unpaired) electrons. The van der Waals surface area contributed by atoms with Crippen molar-refractivity contribution in [3.8, 4) is 0 Å². The molecule has 3 heteroatoms. The van der Waals surface area contributed by atoms with Crippen LogP contribution in [0.3, 0.4) is 0 Å². The Morgan fingerprint density at radius 2 is 1.26 bits per heavy atom. The normalized spacial score (nSPS) is 20.0. The average Bonchev–Trinajstić information content (AvgIpc) is 2.56. The lowest BCUT2D eigenvalue weighted by Crippen LogP contribution is -2.58. The number of nitrogens with one attached hydrogen (secondary N) is 1. The Morgan fingerprint density at radius 3 is 1.65 bits per heavy atom. The highest BCUT2D eigenvalue weighted by atomic mass is 35.5. The zero-order valence-corrected chi connectivity index (χ0v) is 14.3. The fourth-order valence-corrected chi connectivity index (χ4v) is 3.97. The number of hydrogen-bond acceptors (Lipinski definition) is 2. The molecular weight excluding hydrogens is 304 g/mol. The SMILES string of the molecule is Cl.c1ccc(C(c2ccccc2)N2CCC3(CC2)CNC3)cc1. The molecule has 0 amide bonds. The van der Waals surface area contributed by atoms with Crippen molar-refractivity contribution >= 4 is 12.4 Å². The Morgan fingerprint density at radius 1 is 0.783 bits per heavy atom. The van der Waals surface area contributed by atoms with Gasteiger partial charge in [0.05, 0.1) is 6.04 Å². The van der Waals surface area contributed by atoms with E-state index in [9.17, 15) is 0 Å². The molecule has 23 heavy (non-hydrogen) atoms. The lowest BCUT2D eigenvalue weighted by molar-refractivity contribution is 0.0420. The fourth-order valence-electron chi connectivity index (χ4n) is 3.97. The van der Waals surface area contributed by atoms with Crippen LogP contribution in [0.2, 0.25) is 0 Å². The largest absolute Gasteiger partial charge is 0.316 e. The maximum Gasteiger partial charge on any atom is 0.0601 e. The molecule has 2 fully saturated rings. The quantitative estimate of drug-likeness (QED) is 0.919. The highest BCUT2D eigenvalue weighted by Crippen LogP contribution is 2.39. The summed E-state index contributed by atoms with van der Waals surface area (Å²) in [5, 5.41) is 3.46. The van der Waals surface area contributed by atoms with Gasteiger partial charge in [-0.15, -0.1) is 12.4 Å². The standard InChI is InChI=1S/C20H24N2.ClH/c1-3-7-17(8-4-1)19(18-9-5-2-6-10-18)22-13-11-20(12-14-22)15-21-16-20;/h1-10,19,21H,11-16H2;1H. The molecule has 4 rings (SSSR count). The molecule has 1 N–H and O–H groups in total. The minimum absolute atomic E-state index is 0. The molecule has 1 spiro atoms. The number of rotatable bonds is 3. The number of piperidine rings is 1. The van der Waals surface area contributed by atoms with Gasteiger partial charge in [0.25, 0.3) is 0 Å². The predicted octanol–water partition coefficient (Wildman–Crippen LogP) is 3.88. The summed E-state index contributed by atoms with van der Waals surface area (Å²) in [6.45, 7) is 4.86. The van der Waals surface area contributed by atoms with Crippen LogP contribution in [0.25, 0.3) is 0 Å². The summed E-state index contributed by atoms with van der Waals surface area (Å²) in [6.07, 6.45) is 2.66. The third kappa shape index (κ3) is 3.30. The van der Waals surface area contributed by atoms with E-state index in [0.717, 1.165) is 0 Å². The first kappa shape index (κ1) is 16.5. The molecule has 2 saturated heterocycles. The molecule has 0 saturated carbocycles. The first-order chi connectivity index (χ1) is 10.9. The summed E-state index contributed by atoms with van der Waals surface area (Å²) >= 11 is 0. The van der Waals surface area contributed by atoms with Gasteiger partial charge in [0.1, 0.15) is 0 Å². The molecule has 0 aromatic heterocycles. The second kappa shape index (κ2) is 7.04. The highest BCUT2D eigenvalue weighted by molar-refractivity contribution is 5.85. The molecule has 2 aliphatic rings. The molecule has 122 valence electrons. The zero-order chi connectivity index (χ0) is 14.8. The summed E-state index contributed by atoms with van der Waals surface area (Å²) in [5.41, 5.74) is 3.43. The Bertz CT molecular complexity index is 561. The number of halogens is 1. The Balaban J connectivity index is 0.00000156. The molecule has 2 heterocycles. The van der Waals surface area contributed by atoms with Crippen LogP contribution in [0.5, 0.6) is 0 Å². The van der Waals surface area contributed by atoms with E-state index in [1.807, 2.05) is 0 Å². The Kier molecular flexibility index (Phi) is 5.05. The maximum atomic E-state index is 3.46. The van der Waals surface area contributed by atoms with Gasteiger partial charge in [-0.05, 0) is 42.5 Å². The van der Waals surface area contributed by atoms with Crippen molar-refractivity contribution in [1.82, 2.24) is 10.2 Å². The minimum Gasteiger partial charge on any atom is -0.316 e. The first-order valence-corrected chi connectivity index (χ1v) is 8.41. The van der Waals surface area contributed by atoms with Crippen molar-refractivity contribution in [1.29, 1.82) is 0 Å². The van der Waals surface area contributed by atoms with E-state index in [1.54, 1.807) is 0 Å². The van der Waals surface area contributed by atoms with E-state index < -0.39 is 0 Å². The van der Waals surface area contributed by atoms with Crippen LogP contribution in [0, 0.1) is 5.41 Å². The molecular formula is C20H25ClN2. The van der Waals surface area contributed by atoms with Crippen LogP contribution in [0.1, 0.15) is 30.0 Å². The molecule has 0 bridgehead atoms. The van der Waals surface area contributed by atoms with Crippen molar-refractivity contribution in [3.05, 3.63) is 71.8 Å². The van der Waals surface area contributed by atoms with Gasteiger partial charge in [0.15, 0.2) is 0 Å². The number of benzene rings is 2. The first-order valence-electron chi connectivity index (χ1n) is 8.41. The minimum atomic E-state index is 0. The molecule has 0 aliphatic carbocycles. The maximum absolute atomic E-state index is 3.46. The second-order valence-electron chi connectivity index (χ2n) is 6.86. The van der Waals surface area contributed by atoms with Crippen LogP contribution in [-0.4, -0.2) is 31.1 Å². The average molecular weight is 329 g/mol. The summed E-state index contributed by atoms with van der Waals surface area (Å²) < 4.78 is 0. The lowest BCUT2D eigenvalue weighted by atomic mass is 9.73. The third-order valence-electron chi connectivity index (χ3n) is 5.45. The van der Waals surface area contributed by atoms with Gasteiger partial charge in [-0.3, -0.25) is 4.90 Å². The van der Waals surface area contributed by atoms with Gasteiger partial charge >= 0.3 is 0 Å². The second-order valence-corrected chi connectivity index (χ2v) is 6.86. The molecule has 0 atom stereocenters.